The van der Waals surface area contributed by atoms with Gasteiger partial charge in [0.25, 0.3) is 5.91 Å². The average molecular weight is 317 g/mol. The molecular formula is C18H23NO4. The zero-order chi connectivity index (χ0) is 16.8. The molecule has 5 heteroatoms. The number of fused-ring (bicyclic) bond motifs is 1. The van der Waals surface area contributed by atoms with E-state index in [0.717, 1.165) is 40.5 Å². The number of rotatable bonds is 7. The lowest BCUT2D eigenvalue weighted by Crippen LogP contribution is -2.29. The normalized spacial score (nSPS) is 10.7. The van der Waals surface area contributed by atoms with Crippen molar-refractivity contribution in [3.63, 3.8) is 0 Å². The van der Waals surface area contributed by atoms with E-state index >= 15 is 0 Å². The smallest absolute Gasteiger partial charge is 0.310 e. The number of benzene rings is 1. The van der Waals surface area contributed by atoms with Crippen LogP contribution in [0.5, 0.6) is 0 Å². The summed E-state index contributed by atoms with van der Waals surface area (Å²) in [5, 5.41) is 3.62. The summed E-state index contributed by atoms with van der Waals surface area (Å²) >= 11 is 0. The van der Waals surface area contributed by atoms with Crippen LogP contribution in [0.1, 0.15) is 36.5 Å². The summed E-state index contributed by atoms with van der Waals surface area (Å²) in [7, 11) is 0. The Morgan fingerprint density at radius 2 is 2.04 bits per heavy atom. The lowest BCUT2D eigenvalue weighted by atomic mass is 10.0. The Kier molecular flexibility index (Phi) is 5.79. The van der Waals surface area contributed by atoms with Crippen LogP contribution < -0.4 is 5.32 Å². The minimum atomic E-state index is -0.434. The van der Waals surface area contributed by atoms with E-state index in [2.05, 4.69) is 5.32 Å². The number of hydrogen-bond acceptors (Lipinski definition) is 4. The average Bonchev–Trinajstić information content (AvgIpc) is 2.93. The van der Waals surface area contributed by atoms with Crippen LogP contribution in [-0.2, 0) is 20.7 Å². The second-order valence-corrected chi connectivity index (χ2v) is 5.69. The molecule has 0 spiro atoms. The molecular weight excluding hydrogens is 294 g/mol. The van der Waals surface area contributed by atoms with Gasteiger partial charge in [0.05, 0.1) is 12.7 Å². The number of aryl methyl sites for hydroxylation is 2. The van der Waals surface area contributed by atoms with Crippen LogP contribution in [0.25, 0.3) is 11.0 Å². The molecule has 2 aromatic rings. The van der Waals surface area contributed by atoms with Gasteiger partial charge in [-0.2, -0.15) is 0 Å². The third kappa shape index (κ3) is 4.34. The number of hydrogen-bond donors (Lipinski definition) is 1. The van der Waals surface area contributed by atoms with Gasteiger partial charge >= 0.3 is 5.97 Å². The molecule has 0 fully saturated rings. The van der Waals surface area contributed by atoms with Gasteiger partial charge in [0.15, 0.2) is 6.61 Å². The molecule has 1 heterocycles. The first kappa shape index (κ1) is 17.1. The second-order valence-electron chi connectivity index (χ2n) is 5.69. The van der Waals surface area contributed by atoms with Gasteiger partial charge in [0.1, 0.15) is 5.58 Å². The van der Waals surface area contributed by atoms with Gasteiger partial charge in [0.2, 0.25) is 0 Å². The standard InChI is InChI=1S/C18H23NO4/c1-4-5-8-19-16(20)11-22-17(21)9-14-10-23-18-13(3)12(2)6-7-15(14)18/h6-7,10H,4-5,8-9,11H2,1-3H3,(H,19,20). The van der Waals surface area contributed by atoms with Crippen molar-refractivity contribution >= 4 is 22.8 Å². The SMILES string of the molecule is CCCCNC(=O)COC(=O)Cc1coc2c(C)c(C)ccc12. The highest BCUT2D eigenvalue weighted by Gasteiger charge is 2.14. The summed E-state index contributed by atoms with van der Waals surface area (Å²) in [5.74, 6) is -0.702. The highest BCUT2D eigenvalue weighted by Crippen LogP contribution is 2.26. The Morgan fingerprint density at radius 1 is 1.26 bits per heavy atom. The number of amides is 1. The molecule has 0 aliphatic rings. The number of ether oxygens (including phenoxy) is 1. The van der Waals surface area contributed by atoms with Crippen molar-refractivity contribution in [2.75, 3.05) is 13.2 Å². The van der Waals surface area contributed by atoms with Crippen LogP contribution >= 0.6 is 0 Å². The molecule has 1 amide bonds. The van der Waals surface area contributed by atoms with Crippen LogP contribution in [0.15, 0.2) is 22.8 Å². The Balaban J connectivity index is 1.91. The highest BCUT2D eigenvalue weighted by atomic mass is 16.5. The predicted molar refractivity (Wildman–Crippen MR) is 88.3 cm³/mol. The molecule has 1 aromatic carbocycles. The molecule has 0 unspecified atom stereocenters. The fourth-order valence-corrected chi connectivity index (χ4v) is 2.33. The lowest BCUT2D eigenvalue weighted by Gasteiger charge is -2.06. The molecule has 0 atom stereocenters. The van der Waals surface area contributed by atoms with E-state index in [1.54, 1.807) is 6.26 Å². The lowest BCUT2D eigenvalue weighted by molar-refractivity contribution is -0.147. The molecule has 1 aromatic heterocycles. The maximum atomic E-state index is 11.9. The molecule has 0 saturated heterocycles. The van der Waals surface area contributed by atoms with Crippen LogP contribution in [-0.4, -0.2) is 25.0 Å². The van der Waals surface area contributed by atoms with Crippen LogP contribution in [0, 0.1) is 13.8 Å². The molecule has 0 radical (unpaired) electrons. The molecule has 5 nitrogen and oxygen atoms in total. The molecule has 124 valence electrons. The molecule has 0 saturated carbocycles. The van der Waals surface area contributed by atoms with E-state index in [-0.39, 0.29) is 18.9 Å². The van der Waals surface area contributed by atoms with Crippen LogP contribution in [0.2, 0.25) is 0 Å². The van der Waals surface area contributed by atoms with Crippen molar-refractivity contribution in [1.82, 2.24) is 5.32 Å². The maximum Gasteiger partial charge on any atom is 0.310 e. The van der Waals surface area contributed by atoms with Gasteiger partial charge < -0.3 is 14.5 Å². The first-order valence-electron chi connectivity index (χ1n) is 7.91. The second kappa shape index (κ2) is 7.81. The summed E-state index contributed by atoms with van der Waals surface area (Å²) in [4.78, 5) is 23.4. The van der Waals surface area contributed by atoms with Gasteiger partial charge in [-0.3, -0.25) is 9.59 Å². The summed E-state index contributed by atoms with van der Waals surface area (Å²) in [6.45, 7) is 6.42. The van der Waals surface area contributed by atoms with Crippen molar-refractivity contribution in [2.24, 2.45) is 0 Å². The Labute approximate surface area is 136 Å². The van der Waals surface area contributed by atoms with Gasteiger partial charge in [-0.25, -0.2) is 0 Å². The zero-order valence-corrected chi connectivity index (χ0v) is 13.9. The van der Waals surface area contributed by atoms with Crippen LogP contribution in [0.4, 0.5) is 0 Å². The van der Waals surface area contributed by atoms with Gasteiger partial charge in [-0.15, -0.1) is 0 Å². The number of esters is 1. The fourth-order valence-electron chi connectivity index (χ4n) is 2.33. The molecule has 1 N–H and O–H groups in total. The van der Waals surface area contributed by atoms with E-state index in [4.69, 9.17) is 9.15 Å². The Morgan fingerprint density at radius 3 is 2.78 bits per heavy atom. The predicted octanol–water partition coefficient (Wildman–Crippen LogP) is 3.05. The van der Waals surface area contributed by atoms with Gasteiger partial charge in [0, 0.05) is 17.5 Å². The van der Waals surface area contributed by atoms with Gasteiger partial charge in [-0.1, -0.05) is 25.5 Å². The summed E-state index contributed by atoms with van der Waals surface area (Å²) in [6, 6.07) is 3.95. The third-order valence-electron chi connectivity index (χ3n) is 3.89. The molecule has 0 bridgehead atoms. The van der Waals surface area contributed by atoms with E-state index in [9.17, 15) is 9.59 Å². The number of carbonyl (C=O) groups excluding carboxylic acids is 2. The summed E-state index contributed by atoms with van der Waals surface area (Å²) in [5.41, 5.74) is 3.78. The van der Waals surface area contributed by atoms with Crippen molar-refractivity contribution in [1.29, 1.82) is 0 Å². The number of furan rings is 1. The molecule has 0 aliphatic carbocycles. The number of carbonyl (C=O) groups is 2. The van der Waals surface area contributed by atoms with E-state index in [1.165, 1.54) is 0 Å². The summed E-state index contributed by atoms with van der Waals surface area (Å²) in [6.07, 6.45) is 3.60. The highest BCUT2D eigenvalue weighted by molar-refractivity contribution is 5.89. The minimum Gasteiger partial charge on any atom is -0.464 e. The monoisotopic (exact) mass is 317 g/mol. The van der Waals surface area contributed by atoms with Crippen molar-refractivity contribution in [3.05, 3.63) is 35.1 Å². The van der Waals surface area contributed by atoms with Crippen molar-refractivity contribution in [2.45, 2.75) is 40.0 Å². The number of unbranched alkanes of at least 4 members (excludes halogenated alkanes) is 1. The molecule has 23 heavy (non-hydrogen) atoms. The fraction of sp³-hybridized carbons (Fsp3) is 0.444. The largest absolute Gasteiger partial charge is 0.464 e. The topological polar surface area (TPSA) is 68.5 Å². The minimum absolute atomic E-state index is 0.0950. The Bertz CT molecular complexity index is 702. The summed E-state index contributed by atoms with van der Waals surface area (Å²) < 4.78 is 10.6. The molecule has 2 rings (SSSR count). The van der Waals surface area contributed by atoms with E-state index in [1.807, 2.05) is 32.9 Å². The molecule has 0 aliphatic heterocycles. The quantitative estimate of drug-likeness (QED) is 0.629. The first-order valence-corrected chi connectivity index (χ1v) is 7.91. The number of nitrogens with one attached hydrogen (secondary N) is 1. The van der Waals surface area contributed by atoms with Crippen LogP contribution in [0.3, 0.4) is 0 Å². The zero-order valence-electron chi connectivity index (χ0n) is 13.9. The first-order chi connectivity index (χ1) is 11.0. The third-order valence-corrected chi connectivity index (χ3v) is 3.89. The van der Waals surface area contributed by atoms with E-state index < -0.39 is 5.97 Å². The van der Waals surface area contributed by atoms with E-state index in [0.29, 0.717) is 6.54 Å². The van der Waals surface area contributed by atoms with Gasteiger partial charge in [-0.05, 0) is 31.4 Å². The van der Waals surface area contributed by atoms with Crippen molar-refractivity contribution in [3.8, 4) is 0 Å². The maximum absolute atomic E-state index is 11.9. The Hall–Kier alpha value is -2.30. The van der Waals surface area contributed by atoms with Crippen molar-refractivity contribution < 1.29 is 18.7 Å².